The second kappa shape index (κ2) is 9.21. The Bertz CT molecular complexity index is 777. The molecule has 0 saturated heterocycles. The van der Waals surface area contributed by atoms with Crippen LogP contribution in [0, 0.1) is 20.2 Å². The number of nitro groups is 2. The van der Waals surface area contributed by atoms with Crippen molar-refractivity contribution in [2.45, 2.75) is 0 Å². The van der Waals surface area contributed by atoms with Crippen molar-refractivity contribution in [2.75, 3.05) is 0 Å². The molecule has 12 heteroatoms. The molecule has 0 unspecified atom stereocenters. The number of halogens is 1. The van der Waals surface area contributed by atoms with Gasteiger partial charge < -0.3 is 0 Å². The van der Waals surface area contributed by atoms with E-state index in [4.69, 9.17) is 17.5 Å². The molecule has 0 aliphatic heterocycles. The Kier molecular flexibility index (Phi) is 8.38. The van der Waals surface area contributed by atoms with E-state index in [0.29, 0.717) is 11.1 Å². The van der Waals surface area contributed by atoms with Crippen molar-refractivity contribution in [3.63, 3.8) is 0 Å². The molecule has 0 saturated carbocycles. The normalized spacial score (nSPS) is 9.92. The van der Waals surface area contributed by atoms with Crippen molar-refractivity contribution in [1.29, 1.82) is 0 Å². The standard InChI is InChI=1S/C12H8N2O4.HI.H2O4S/c15-13(16)11-5-1-3-9(7-11)10-4-2-6-12(8-10)14(17)18;;1-5(2,3)4/h1-8H;1H;(H2,1,2,3,4). The lowest BCUT2D eigenvalue weighted by molar-refractivity contribution is -0.385. The van der Waals surface area contributed by atoms with Crippen LogP contribution in [0.5, 0.6) is 0 Å². The largest absolute Gasteiger partial charge is 0.394 e. The van der Waals surface area contributed by atoms with E-state index in [-0.39, 0.29) is 35.4 Å². The van der Waals surface area contributed by atoms with E-state index >= 15 is 0 Å². The van der Waals surface area contributed by atoms with Crippen LogP contribution in [0.15, 0.2) is 48.5 Å². The van der Waals surface area contributed by atoms with Gasteiger partial charge in [0.05, 0.1) is 9.85 Å². The first-order valence-electron chi connectivity index (χ1n) is 5.77. The Morgan fingerprint density at radius 1 is 0.792 bits per heavy atom. The lowest BCUT2D eigenvalue weighted by Crippen LogP contribution is -1.90. The first-order chi connectivity index (χ1) is 10.6. The van der Waals surface area contributed by atoms with Crippen molar-refractivity contribution in [1.82, 2.24) is 0 Å². The van der Waals surface area contributed by atoms with Crippen LogP contribution in [0.1, 0.15) is 0 Å². The topological polar surface area (TPSA) is 161 Å². The maximum absolute atomic E-state index is 10.7. The highest BCUT2D eigenvalue weighted by Crippen LogP contribution is 2.26. The summed E-state index contributed by atoms with van der Waals surface area (Å²) in [7, 11) is -4.67. The zero-order valence-corrected chi connectivity index (χ0v) is 14.8. The Hall–Kier alpha value is -2.16. The average Bonchev–Trinajstić information content (AvgIpc) is 2.46. The van der Waals surface area contributed by atoms with Gasteiger partial charge in [0, 0.05) is 24.3 Å². The molecule has 0 aliphatic carbocycles. The minimum Gasteiger partial charge on any atom is -0.264 e. The van der Waals surface area contributed by atoms with Crippen LogP contribution in [0.2, 0.25) is 0 Å². The van der Waals surface area contributed by atoms with E-state index in [1.807, 2.05) is 0 Å². The summed E-state index contributed by atoms with van der Waals surface area (Å²) >= 11 is 0. The van der Waals surface area contributed by atoms with Crippen molar-refractivity contribution in [3.8, 4) is 11.1 Å². The third-order valence-electron chi connectivity index (χ3n) is 2.45. The first kappa shape index (κ1) is 21.8. The summed E-state index contributed by atoms with van der Waals surface area (Å²) in [4.78, 5) is 20.3. The zero-order chi connectivity index (χ0) is 17.6. The summed E-state index contributed by atoms with van der Waals surface area (Å²) in [5.74, 6) is 0. The van der Waals surface area contributed by atoms with Crippen LogP contribution in [0.3, 0.4) is 0 Å². The van der Waals surface area contributed by atoms with Gasteiger partial charge in [-0.05, 0) is 11.1 Å². The molecule has 0 fully saturated rings. The Labute approximate surface area is 153 Å². The number of benzene rings is 2. The molecule has 2 aromatic carbocycles. The van der Waals surface area contributed by atoms with E-state index < -0.39 is 20.2 Å². The molecule has 0 spiro atoms. The molecule has 0 heterocycles. The molecule has 2 aromatic rings. The predicted molar refractivity (Wildman–Crippen MR) is 94.8 cm³/mol. The van der Waals surface area contributed by atoms with Gasteiger partial charge in [0.15, 0.2) is 0 Å². The fraction of sp³-hybridized carbons (Fsp3) is 0. The van der Waals surface area contributed by atoms with Crippen molar-refractivity contribution < 1.29 is 27.4 Å². The molecular weight excluding hydrogens is 459 g/mol. The summed E-state index contributed by atoms with van der Waals surface area (Å²) in [6.45, 7) is 0. The van der Waals surface area contributed by atoms with E-state index in [2.05, 4.69) is 0 Å². The molecule has 24 heavy (non-hydrogen) atoms. The van der Waals surface area contributed by atoms with Gasteiger partial charge in [-0.1, -0.05) is 24.3 Å². The van der Waals surface area contributed by atoms with Gasteiger partial charge in [-0.15, -0.1) is 24.0 Å². The Balaban J connectivity index is 0.000000777. The van der Waals surface area contributed by atoms with Gasteiger partial charge in [0.25, 0.3) is 11.4 Å². The molecule has 0 radical (unpaired) electrons. The number of nitrogens with zero attached hydrogens (tertiary/aromatic N) is 2. The number of non-ortho nitro benzene ring substituents is 2. The molecule has 0 bridgehead atoms. The summed E-state index contributed by atoms with van der Waals surface area (Å²) in [6.07, 6.45) is 0. The molecule has 2 rings (SSSR count). The summed E-state index contributed by atoms with van der Waals surface area (Å²) in [5, 5.41) is 21.3. The van der Waals surface area contributed by atoms with Crippen molar-refractivity contribution >= 4 is 45.8 Å². The van der Waals surface area contributed by atoms with Gasteiger partial charge in [0.2, 0.25) is 0 Å². The van der Waals surface area contributed by atoms with Gasteiger partial charge in [0.1, 0.15) is 0 Å². The fourth-order valence-corrected chi connectivity index (χ4v) is 1.60. The minimum absolute atomic E-state index is 0. The highest BCUT2D eigenvalue weighted by atomic mass is 127. The van der Waals surface area contributed by atoms with Crippen LogP contribution in [-0.2, 0) is 10.4 Å². The number of nitro benzene ring substituents is 2. The van der Waals surface area contributed by atoms with Crippen LogP contribution in [0.25, 0.3) is 11.1 Å². The quantitative estimate of drug-likeness (QED) is 0.299. The summed E-state index contributed by atoms with van der Waals surface area (Å²) in [6, 6.07) is 12.0. The first-order valence-corrected chi connectivity index (χ1v) is 7.17. The van der Waals surface area contributed by atoms with Crippen LogP contribution >= 0.6 is 24.0 Å². The third-order valence-corrected chi connectivity index (χ3v) is 2.45. The summed E-state index contributed by atoms with van der Waals surface area (Å²) in [5.41, 5.74) is 1.07. The molecule has 0 aromatic heterocycles. The minimum atomic E-state index is -4.67. The van der Waals surface area contributed by atoms with Crippen LogP contribution < -0.4 is 0 Å². The van der Waals surface area contributed by atoms with Gasteiger partial charge in [-0.3, -0.25) is 29.3 Å². The lowest BCUT2D eigenvalue weighted by Gasteiger charge is -2.01. The average molecular weight is 470 g/mol. The summed E-state index contributed by atoms with van der Waals surface area (Å²) < 4.78 is 31.6. The molecule has 10 nitrogen and oxygen atoms in total. The van der Waals surface area contributed by atoms with E-state index in [9.17, 15) is 20.2 Å². The second-order valence-electron chi connectivity index (χ2n) is 4.06. The Morgan fingerprint density at radius 3 is 1.33 bits per heavy atom. The number of hydrogen-bond donors (Lipinski definition) is 2. The molecule has 130 valence electrons. The lowest BCUT2D eigenvalue weighted by atomic mass is 10.0. The molecular formula is C12H11IN2O8S. The molecule has 2 N–H and O–H groups in total. The van der Waals surface area contributed by atoms with Crippen molar-refractivity contribution in [3.05, 3.63) is 68.8 Å². The number of rotatable bonds is 3. The van der Waals surface area contributed by atoms with Gasteiger partial charge >= 0.3 is 10.4 Å². The van der Waals surface area contributed by atoms with E-state index in [1.165, 1.54) is 24.3 Å². The number of hydrogen-bond acceptors (Lipinski definition) is 6. The maximum atomic E-state index is 10.7. The van der Waals surface area contributed by atoms with Crippen LogP contribution in [-0.4, -0.2) is 27.4 Å². The monoisotopic (exact) mass is 470 g/mol. The maximum Gasteiger partial charge on any atom is 0.394 e. The van der Waals surface area contributed by atoms with Crippen molar-refractivity contribution in [2.24, 2.45) is 0 Å². The Morgan fingerprint density at radius 2 is 1.08 bits per heavy atom. The molecule has 0 amide bonds. The third kappa shape index (κ3) is 7.91. The molecule has 0 aliphatic rings. The van der Waals surface area contributed by atoms with Gasteiger partial charge in [-0.25, -0.2) is 0 Å². The fourth-order valence-electron chi connectivity index (χ4n) is 1.60. The second-order valence-corrected chi connectivity index (χ2v) is 4.96. The smallest absolute Gasteiger partial charge is 0.264 e. The highest BCUT2D eigenvalue weighted by Gasteiger charge is 2.10. The highest BCUT2D eigenvalue weighted by molar-refractivity contribution is 14.0. The molecule has 0 atom stereocenters. The van der Waals surface area contributed by atoms with Gasteiger partial charge in [-0.2, -0.15) is 8.42 Å². The zero-order valence-electron chi connectivity index (χ0n) is 11.7. The van der Waals surface area contributed by atoms with E-state index in [1.54, 1.807) is 24.3 Å². The van der Waals surface area contributed by atoms with E-state index in [0.717, 1.165) is 0 Å². The predicted octanol–water partition coefficient (Wildman–Crippen LogP) is 3.14. The SMILES string of the molecule is I.O=S(=O)(O)O.O=[N+]([O-])c1cccc(-c2cccc([N+](=O)[O-])c2)c1. The van der Waals surface area contributed by atoms with Crippen LogP contribution in [0.4, 0.5) is 11.4 Å².